The first-order valence-electron chi connectivity index (χ1n) is 7.42. The van der Waals surface area contributed by atoms with Crippen molar-refractivity contribution in [3.63, 3.8) is 0 Å². The fourth-order valence-corrected chi connectivity index (χ4v) is 2.61. The predicted molar refractivity (Wildman–Crippen MR) is 100 cm³/mol. The van der Waals surface area contributed by atoms with E-state index >= 15 is 0 Å². The van der Waals surface area contributed by atoms with Gasteiger partial charge in [0.1, 0.15) is 12.4 Å². The van der Waals surface area contributed by atoms with E-state index in [0.29, 0.717) is 18.8 Å². The lowest BCUT2D eigenvalue weighted by Crippen LogP contribution is -2.01. The van der Waals surface area contributed by atoms with Crippen molar-refractivity contribution in [2.24, 2.45) is 0 Å². The topological polar surface area (TPSA) is 52.4 Å². The lowest BCUT2D eigenvalue weighted by molar-refractivity contribution is -0.384. The Balaban J connectivity index is 2.37. The average Bonchev–Trinajstić information content (AvgIpc) is 2.46. The molecule has 0 aliphatic carbocycles. The van der Waals surface area contributed by atoms with Crippen molar-refractivity contribution in [2.75, 3.05) is 6.61 Å². The molecule has 0 saturated heterocycles. The molecule has 0 fully saturated rings. The van der Waals surface area contributed by atoms with E-state index in [1.165, 1.54) is 17.7 Å². The van der Waals surface area contributed by atoms with Gasteiger partial charge in [-0.3, -0.25) is 10.1 Å². The highest BCUT2D eigenvalue weighted by atomic mass is 35.6. The third-order valence-electron chi connectivity index (χ3n) is 3.24. The number of alkyl halides is 3. The van der Waals surface area contributed by atoms with Gasteiger partial charge in [0.15, 0.2) is 3.79 Å². The number of hydrogen-bond acceptors (Lipinski definition) is 3. The molecule has 0 aliphatic heterocycles. The van der Waals surface area contributed by atoms with Crippen LogP contribution in [0.1, 0.15) is 33.1 Å². The van der Waals surface area contributed by atoms with Crippen LogP contribution in [0.25, 0.3) is 0 Å². The van der Waals surface area contributed by atoms with Crippen LogP contribution in [0.4, 0.5) is 5.69 Å². The number of rotatable bonds is 8. The van der Waals surface area contributed by atoms with Crippen LogP contribution in [0.5, 0.6) is 5.75 Å². The molecular weight excluding hydrogens is 373 g/mol. The summed E-state index contributed by atoms with van der Waals surface area (Å²) < 4.78 is 4.29. The average molecular weight is 393 g/mol. The van der Waals surface area contributed by atoms with Gasteiger partial charge in [-0.2, -0.15) is 0 Å². The normalized spacial score (nSPS) is 13.0. The summed E-state index contributed by atoms with van der Waals surface area (Å²) in [6.07, 6.45) is 6.23. The van der Waals surface area contributed by atoms with Crippen LogP contribution >= 0.6 is 34.8 Å². The summed E-state index contributed by atoms with van der Waals surface area (Å²) in [6, 6.07) is 6.02. The van der Waals surface area contributed by atoms with Crippen molar-refractivity contribution in [3.05, 3.63) is 57.7 Å². The highest BCUT2D eigenvalue weighted by Gasteiger charge is 2.19. The van der Waals surface area contributed by atoms with E-state index < -0.39 is 8.72 Å². The fourth-order valence-electron chi connectivity index (χ4n) is 1.98. The first-order chi connectivity index (χ1) is 11.2. The van der Waals surface area contributed by atoms with Gasteiger partial charge in [0.2, 0.25) is 0 Å². The van der Waals surface area contributed by atoms with Crippen LogP contribution in [0.15, 0.2) is 47.6 Å². The molecule has 132 valence electrons. The van der Waals surface area contributed by atoms with E-state index in [2.05, 4.69) is 6.08 Å². The van der Waals surface area contributed by atoms with Gasteiger partial charge < -0.3 is 4.74 Å². The zero-order valence-electron chi connectivity index (χ0n) is 13.6. The first kappa shape index (κ1) is 20.8. The van der Waals surface area contributed by atoms with E-state index in [4.69, 9.17) is 39.5 Å². The van der Waals surface area contributed by atoms with E-state index in [-0.39, 0.29) is 5.69 Å². The highest BCUT2D eigenvalue weighted by Crippen LogP contribution is 2.33. The van der Waals surface area contributed by atoms with Gasteiger partial charge in [-0.1, -0.05) is 52.0 Å². The van der Waals surface area contributed by atoms with Crippen molar-refractivity contribution in [1.82, 2.24) is 0 Å². The molecule has 0 radical (unpaired) electrons. The molecule has 24 heavy (non-hydrogen) atoms. The van der Waals surface area contributed by atoms with Gasteiger partial charge in [-0.15, -0.1) is 0 Å². The zero-order chi connectivity index (χ0) is 18.2. The van der Waals surface area contributed by atoms with Crippen LogP contribution in [-0.2, 0) is 0 Å². The summed E-state index contributed by atoms with van der Waals surface area (Å²) >= 11 is 17.2. The molecular formula is C17H20Cl3NO3. The van der Waals surface area contributed by atoms with Gasteiger partial charge in [0.25, 0.3) is 5.69 Å². The molecule has 0 N–H and O–H groups in total. The molecule has 0 heterocycles. The SMILES string of the molecule is C/C(=C\COc1ccc([N+](=O)[O-])cc1)CC/C=C(\C)CC(Cl)(Cl)Cl. The van der Waals surface area contributed by atoms with Crippen LogP contribution in [0, 0.1) is 10.1 Å². The molecule has 7 heteroatoms. The quantitative estimate of drug-likeness (QED) is 0.222. The molecule has 0 amide bonds. The maximum atomic E-state index is 10.6. The number of nitrogens with zero attached hydrogens (tertiary/aromatic N) is 1. The minimum absolute atomic E-state index is 0.0473. The van der Waals surface area contributed by atoms with Crippen molar-refractivity contribution in [1.29, 1.82) is 0 Å². The number of ether oxygens (including phenoxy) is 1. The Morgan fingerprint density at radius 2 is 1.79 bits per heavy atom. The Hall–Kier alpha value is -1.23. The number of nitro groups is 1. The molecule has 0 saturated carbocycles. The standard InChI is InChI=1S/C17H20Cl3NO3/c1-13(4-3-5-14(2)12-17(18,19)20)10-11-24-16-8-6-15(7-9-16)21(22)23/h5-10H,3-4,11-12H2,1-2H3/b13-10+,14-5+. The largest absolute Gasteiger partial charge is 0.490 e. The Morgan fingerprint density at radius 3 is 2.33 bits per heavy atom. The molecule has 1 aromatic rings. The second-order valence-electron chi connectivity index (χ2n) is 5.49. The maximum absolute atomic E-state index is 10.6. The van der Waals surface area contributed by atoms with Crippen molar-refractivity contribution in [3.8, 4) is 5.75 Å². The van der Waals surface area contributed by atoms with Crippen LogP contribution in [0.2, 0.25) is 0 Å². The van der Waals surface area contributed by atoms with Gasteiger partial charge in [0.05, 0.1) is 4.92 Å². The molecule has 1 rings (SSSR count). The number of nitro benzene ring substituents is 1. The molecule has 0 unspecified atom stereocenters. The maximum Gasteiger partial charge on any atom is 0.269 e. The predicted octanol–water partition coefficient (Wildman–Crippen LogP) is 6.41. The minimum atomic E-state index is -1.25. The molecule has 0 aromatic heterocycles. The Kier molecular flexibility index (Phi) is 8.60. The number of halogens is 3. The molecule has 0 spiro atoms. The van der Waals surface area contributed by atoms with Crippen molar-refractivity contribution in [2.45, 2.75) is 36.9 Å². The smallest absolute Gasteiger partial charge is 0.269 e. The van der Waals surface area contributed by atoms with E-state index in [0.717, 1.165) is 18.4 Å². The van der Waals surface area contributed by atoms with Crippen LogP contribution in [-0.4, -0.2) is 15.3 Å². The lowest BCUT2D eigenvalue weighted by Gasteiger charge is -2.10. The summed E-state index contributed by atoms with van der Waals surface area (Å²) in [5.41, 5.74) is 2.28. The Labute approximate surface area is 157 Å². The minimum Gasteiger partial charge on any atom is -0.490 e. The monoisotopic (exact) mass is 391 g/mol. The highest BCUT2D eigenvalue weighted by molar-refractivity contribution is 6.67. The first-order valence-corrected chi connectivity index (χ1v) is 8.56. The summed E-state index contributed by atoms with van der Waals surface area (Å²) in [7, 11) is 0. The second kappa shape index (κ2) is 9.92. The number of hydrogen-bond donors (Lipinski definition) is 0. The number of non-ortho nitro benzene ring substituents is 1. The Bertz CT molecular complexity index is 605. The fraction of sp³-hybridized carbons (Fsp3) is 0.412. The van der Waals surface area contributed by atoms with E-state index in [1.807, 2.05) is 19.9 Å². The summed E-state index contributed by atoms with van der Waals surface area (Å²) in [5.74, 6) is 0.600. The van der Waals surface area contributed by atoms with Gasteiger partial charge in [0, 0.05) is 18.6 Å². The summed E-state index contributed by atoms with van der Waals surface area (Å²) in [5, 5.41) is 10.6. The van der Waals surface area contributed by atoms with Gasteiger partial charge >= 0.3 is 0 Å². The zero-order valence-corrected chi connectivity index (χ0v) is 15.9. The summed E-state index contributed by atoms with van der Waals surface area (Å²) in [4.78, 5) is 10.1. The molecule has 0 aliphatic rings. The lowest BCUT2D eigenvalue weighted by atomic mass is 10.1. The molecule has 1 aromatic carbocycles. The Morgan fingerprint density at radius 1 is 1.17 bits per heavy atom. The summed E-state index contributed by atoms with van der Waals surface area (Å²) in [6.45, 7) is 4.39. The van der Waals surface area contributed by atoms with Crippen molar-refractivity contribution < 1.29 is 9.66 Å². The van der Waals surface area contributed by atoms with Crippen molar-refractivity contribution >= 4 is 40.5 Å². The number of allylic oxidation sites excluding steroid dienone is 3. The third-order valence-corrected chi connectivity index (χ3v) is 3.64. The van der Waals surface area contributed by atoms with Gasteiger partial charge in [-0.25, -0.2) is 0 Å². The second-order valence-corrected chi connectivity index (χ2v) is 8.01. The van der Waals surface area contributed by atoms with E-state index in [1.54, 1.807) is 12.1 Å². The third kappa shape index (κ3) is 9.16. The number of benzene rings is 1. The van der Waals surface area contributed by atoms with E-state index in [9.17, 15) is 10.1 Å². The molecule has 4 nitrogen and oxygen atoms in total. The molecule has 0 atom stereocenters. The molecule has 0 bridgehead atoms. The van der Waals surface area contributed by atoms with Gasteiger partial charge in [-0.05, 0) is 44.9 Å². The van der Waals surface area contributed by atoms with Crippen LogP contribution in [0.3, 0.4) is 0 Å². The van der Waals surface area contributed by atoms with Crippen LogP contribution < -0.4 is 4.74 Å².